The van der Waals surface area contributed by atoms with Crippen LogP contribution in [0.3, 0.4) is 0 Å². The Morgan fingerprint density at radius 3 is 1.98 bits per heavy atom. The lowest BCUT2D eigenvalue weighted by atomic mass is 10.2. The first-order chi connectivity index (χ1) is 19.3. The molecule has 1 aromatic heterocycles. The van der Waals surface area contributed by atoms with Crippen LogP contribution in [0.5, 0.6) is 0 Å². The van der Waals surface area contributed by atoms with Crippen LogP contribution < -0.4 is 38.3 Å². The van der Waals surface area contributed by atoms with Crippen molar-refractivity contribution in [3.8, 4) is 5.69 Å². The van der Waals surface area contributed by atoms with Crippen molar-refractivity contribution < 1.29 is 28.5 Å². The van der Waals surface area contributed by atoms with Crippen molar-refractivity contribution in [2.45, 2.75) is 20.4 Å². The molecule has 0 bridgehead atoms. The fourth-order valence-corrected chi connectivity index (χ4v) is 5.54. The van der Waals surface area contributed by atoms with Crippen LogP contribution in [0.2, 0.25) is 0 Å². The predicted molar refractivity (Wildman–Crippen MR) is 163 cm³/mol. The highest BCUT2D eigenvalue weighted by atomic mass is 127. The summed E-state index contributed by atoms with van der Waals surface area (Å²) >= 11 is 0. The number of fused-ring (bicyclic) bond motifs is 2. The summed E-state index contributed by atoms with van der Waals surface area (Å²) in [5.74, 6) is 2.30. The van der Waals surface area contributed by atoms with Gasteiger partial charge in [-0.1, -0.05) is 78.9 Å². The molecular weight excluding hydrogens is 603 g/mol. The Bertz CT molecular complexity index is 1680. The number of anilines is 3. The van der Waals surface area contributed by atoms with Crippen molar-refractivity contribution in [2.75, 3.05) is 16.3 Å². The maximum absolute atomic E-state index is 2.37. The smallest absolute Gasteiger partial charge is 0.287 e. The van der Waals surface area contributed by atoms with Gasteiger partial charge in [0.2, 0.25) is 0 Å². The van der Waals surface area contributed by atoms with Gasteiger partial charge in [-0.25, -0.2) is 4.57 Å². The van der Waals surface area contributed by atoms with Crippen molar-refractivity contribution in [2.24, 2.45) is 0 Å². The molecule has 5 aromatic rings. The van der Waals surface area contributed by atoms with Gasteiger partial charge < -0.3 is 28.9 Å². The molecule has 0 amide bonds. The minimum Gasteiger partial charge on any atom is -1.00 e. The Morgan fingerprint density at radius 1 is 0.650 bits per heavy atom. The highest BCUT2D eigenvalue weighted by Gasteiger charge is 2.30. The van der Waals surface area contributed by atoms with E-state index in [-0.39, 0.29) is 24.0 Å². The highest BCUT2D eigenvalue weighted by molar-refractivity contribution is 5.88. The molecule has 6 rings (SSSR count). The second-order valence-electron chi connectivity index (χ2n) is 9.43. The van der Waals surface area contributed by atoms with Crippen LogP contribution in [-0.2, 0) is 6.54 Å². The van der Waals surface area contributed by atoms with E-state index in [9.17, 15) is 0 Å². The number of aromatic nitrogens is 2. The summed E-state index contributed by atoms with van der Waals surface area (Å²) in [7, 11) is 0. The van der Waals surface area contributed by atoms with E-state index in [1.807, 2.05) is 0 Å². The molecule has 0 unspecified atom stereocenters. The number of rotatable bonds is 7. The lowest BCUT2D eigenvalue weighted by Crippen LogP contribution is -3.00. The number of hydrogen-bond acceptors (Lipinski definition) is 2. The van der Waals surface area contributed by atoms with Gasteiger partial charge in [0, 0.05) is 18.3 Å². The third-order valence-corrected chi connectivity index (χ3v) is 7.21. The molecule has 0 atom stereocenters. The van der Waals surface area contributed by atoms with Gasteiger partial charge in [-0.3, -0.25) is 4.90 Å². The Labute approximate surface area is 253 Å². The number of para-hydroxylation sites is 6. The third kappa shape index (κ3) is 4.97. The van der Waals surface area contributed by atoms with E-state index in [1.165, 1.54) is 22.4 Å². The molecule has 1 aliphatic rings. The molecule has 200 valence electrons. The van der Waals surface area contributed by atoms with Crippen LogP contribution in [0, 0.1) is 0 Å². The van der Waals surface area contributed by atoms with Crippen LogP contribution in [0.15, 0.2) is 139 Å². The lowest BCUT2D eigenvalue weighted by Gasteiger charge is -2.24. The van der Waals surface area contributed by atoms with Gasteiger partial charge in [0.15, 0.2) is 11.0 Å². The minimum absolute atomic E-state index is 0. The molecule has 0 saturated heterocycles. The van der Waals surface area contributed by atoms with Crippen molar-refractivity contribution in [1.29, 1.82) is 0 Å². The second kappa shape index (κ2) is 12.4. The minimum atomic E-state index is 0. The quantitative estimate of drug-likeness (QED) is 0.142. The molecule has 4 aromatic carbocycles. The van der Waals surface area contributed by atoms with Gasteiger partial charge >= 0.3 is 0 Å². The van der Waals surface area contributed by atoms with E-state index >= 15 is 0 Å². The first-order valence-corrected chi connectivity index (χ1v) is 13.7. The van der Waals surface area contributed by atoms with E-state index in [4.69, 9.17) is 0 Å². The Balaban J connectivity index is 0.00000323. The topological polar surface area (TPSA) is 15.3 Å². The van der Waals surface area contributed by atoms with E-state index in [0.717, 1.165) is 36.1 Å². The third-order valence-electron chi connectivity index (χ3n) is 7.21. The van der Waals surface area contributed by atoms with Gasteiger partial charge in [0.1, 0.15) is 11.5 Å². The van der Waals surface area contributed by atoms with E-state index in [0.29, 0.717) is 0 Å². The van der Waals surface area contributed by atoms with Crippen LogP contribution in [-0.4, -0.2) is 11.1 Å². The van der Waals surface area contributed by atoms with Crippen LogP contribution in [0.25, 0.3) is 22.8 Å². The average Bonchev–Trinajstić information content (AvgIpc) is 3.49. The van der Waals surface area contributed by atoms with E-state index < -0.39 is 0 Å². The van der Waals surface area contributed by atoms with Gasteiger partial charge in [0.05, 0.1) is 17.9 Å². The maximum atomic E-state index is 2.37. The molecule has 5 heteroatoms. The fourth-order valence-electron chi connectivity index (χ4n) is 5.54. The summed E-state index contributed by atoms with van der Waals surface area (Å²) in [4.78, 5) is 4.71. The molecule has 0 aliphatic carbocycles. The summed E-state index contributed by atoms with van der Waals surface area (Å²) in [5, 5.41) is 0. The molecule has 4 nitrogen and oxygen atoms in total. The normalized spacial score (nSPS) is 14.0. The number of aryl methyl sites for hydroxylation is 1. The van der Waals surface area contributed by atoms with Gasteiger partial charge in [-0.2, -0.15) is 4.57 Å². The number of nitrogens with zero attached hydrogens (tertiary/aromatic N) is 4. The number of imidazole rings is 1. The van der Waals surface area contributed by atoms with Crippen molar-refractivity contribution in [1.82, 2.24) is 4.57 Å². The molecule has 0 spiro atoms. The molecule has 0 N–H and O–H groups in total. The summed E-state index contributed by atoms with van der Waals surface area (Å²) in [6.07, 6.45) is 10.8. The predicted octanol–water partition coefficient (Wildman–Crippen LogP) is 5.03. The molecule has 2 heterocycles. The zero-order valence-corrected chi connectivity index (χ0v) is 25.0. The molecule has 0 radical (unpaired) electrons. The van der Waals surface area contributed by atoms with Crippen LogP contribution in [0.1, 0.15) is 19.7 Å². The average molecular weight is 637 g/mol. The Hall–Kier alpha value is -4.10. The zero-order valence-electron chi connectivity index (χ0n) is 22.9. The van der Waals surface area contributed by atoms with Crippen molar-refractivity contribution in [3.63, 3.8) is 0 Å². The Kier molecular flexibility index (Phi) is 8.51. The standard InChI is InChI=1S/C35H33N4.HI/c1-3-36-30-22-14-16-24-32(30)38(28-18-8-5-9-19-28)34(36)26-12-7-13-27-35-37(4-2)31-23-15-17-25-33(31)39(35)29-20-10-6-11-21-29;/h5-27H,3-4H2,1-2H3;1H/q+1;/p-1. The van der Waals surface area contributed by atoms with Gasteiger partial charge in [0.25, 0.3) is 5.82 Å². The lowest BCUT2D eigenvalue weighted by molar-refractivity contribution is -0.670. The highest BCUT2D eigenvalue weighted by Crippen LogP contribution is 2.45. The SMILES string of the molecule is CCN1/C(=C/C=C/C=C/c2n(-c3ccccc3)c3ccccc3[n+]2CC)N(c2ccccc2)c2ccccc21.[I-]. The number of benzene rings is 4. The van der Waals surface area contributed by atoms with Crippen LogP contribution in [0.4, 0.5) is 17.1 Å². The van der Waals surface area contributed by atoms with E-state index in [1.54, 1.807) is 0 Å². The number of halogens is 1. The second-order valence-corrected chi connectivity index (χ2v) is 9.43. The fraction of sp³-hybridized carbons (Fsp3) is 0.114. The molecule has 40 heavy (non-hydrogen) atoms. The molecule has 0 saturated carbocycles. The Morgan fingerprint density at radius 2 is 1.27 bits per heavy atom. The largest absolute Gasteiger partial charge is 1.00 e. The van der Waals surface area contributed by atoms with E-state index in [2.05, 4.69) is 172 Å². The zero-order chi connectivity index (χ0) is 26.6. The summed E-state index contributed by atoms with van der Waals surface area (Å²) in [6, 6.07) is 38.4. The van der Waals surface area contributed by atoms with Gasteiger partial charge in [-0.05, 0) is 68.5 Å². The molecular formula is C35H33IN4. The van der Waals surface area contributed by atoms with Crippen molar-refractivity contribution >= 4 is 34.2 Å². The summed E-state index contributed by atoms with van der Waals surface area (Å²) < 4.78 is 4.71. The van der Waals surface area contributed by atoms with Gasteiger partial charge in [-0.15, -0.1) is 0 Å². The van der Waals surface area contributed by atoms with Crippen LogP contribution >= 0.6 is 0 Å². The monoisotopic (exact) mass is 636 g/mol. The summed E-state index contributed by atoms with van der Waals surface area (Å²) in [5.41, 5.74) is 7.19. The summed E-state index contributed by atoms with van der Waals surface area (Å²) in [6.45, 7) is 6.19. The maximum Gasteiger partial charge on any atom is 0.287 e. The first kappa shape index (κ1) is 27.5. The number of allylic oxidation sites excluding steroid dienone is 4. The van der Waals surface area contributed by atoms with Crippen molar-refractivity contribution in [3.05, 3.63) is 145 Å². The first-order valence-electron chi connectivity index (χ1n) is 13.7. The molecule has 1 aliphatic heterocycles. The number of hydrogen-bond donors (Lipinski definition) is 0. The molecule has 0 fully saturated rings.